The Morgan fingerprint density at radius 1 is 0.667 bits per heavy atom. The summed E-state index contributed by atoms with van der Waals surface area (Å²) in [5, 5.41) is 0. The molecule has 0 unspecified atom stereocenters. The molecular formula is C7H21O5Si6. The fourth-order valence-corrected chi connectivity index (χ4v) is 42.7. The molecule has 2 aliphatic rings. The molecular weight excluding hydrogens is 333 g/mol. The highest BCUT2D eigenvalue weighted by Crippen LogP contribution is 2.31. The van der Waals surface area contributed by atoms with Crippen LogP contribution < -0.4 is 0 Å². The van der Waals surface area contributed by atoms with E-state index in [0.29, 0.717) is 0 Å². The molecule has 5 nitrogen and oxygen atoms in total. The summed E-state index contributed by atoms with van der Waals surface area (Å²) in [5.74, 6) is 0. The quantitative estimate of drug-likeness (QED) is 0.617. The molecule has 0 amide bonds. The third kappa shape index (κ3) is 3.40. The summed E-state index contributed by atoms with van der Waals surface area (Å²) in [6.07, 6.45) is 0. The van der Waals surface area contributed by atoms with E-state index in [1.807, 2.05) is 6.55 Å². The molecule has 2 bridgehead atoms. The summed E-state index contributed by atoms with van der Waals surface area (Å²) in [4.78, 5) is 0. The highest BCUT2D eigenvalue weighted by atomic mass is 29.6. The third-order valence-corrected chi connectivity index (χ3v) is 33.3. The van der Waals surface area contributed by atoms with Gasteiger partial charge < -0.3 is 20.6 Å². The first kappa shape index (κ1) is 15.5. The van der Waals surface area contributed by atoms with E-state index in [2.05, 4.69) is 39.3 Å². The van der Waals surface area contributed by atoms with E-state index < -0.39 is 51.1 Å². The molecule has 0 saturated carbocycles. The first-order valence-electron chi connectivity index (χ1n) is 6.04. The number of hydrogen-bond donors (Lipinski definition) is 0. The van der Waals surface area contributed by atoms with Crippen molar-refractivity contribution in [3.05, 3.63) is 0 Å². The smallest absolute Gasteiger partial charge is 0.437 e. The average molecular weight is 354 g/mol. The van der Waals surface area contributed by atoms with Gasteiger partial charge in [0.25, 0.3) is 0 Å². The minimum Gasteiger partial charge on any atom is -0.437 e. The predicted molar refractivity (Wildman–Crippen MR) is 81.0 cm³/mol. The van der Waals surface area contributed by atoms with Crippen molar-refractivity contribution in [1.29, 1.82) is 0 Å². The topological polar surface area (TPSA) is 46.2 Å². The Hall–Kier alpha value is 1.10. The molecule has 18 heavy (non-hydrogen) atoms. The lowest BCUT2D eigenvalue weighted by Crippen LogP contribution is -2.56. The Labute approximate surface area is 117 Å². The highest BCUT2D eigenvalue weighted by Gasteiger charge is 2.58. The van der Waals surface area contributed by atoms with E-state index >= 15 is 0 Å². The molecule has 0 spiro atoms. The van der Waals surface area contributed by atoms with Crippen molar-refractivity contribution in [3.63, 3.8) is 0 Å². The molecule has 103 valence electrons. The first-order valence-corrected chi connectivity index (χ1v) is 21.1. The van der Waals surface area contributed by atoms with Gasteiger partial charge in [0.15, 0.2) is 0 Å². The van der Waals surface area contributed by atoms with Crippen LogP contribution in [0.3, 0.4) is 0 Å². The van der Waals surface area contributed by atoms with Crippen molar-refractivity contribution >= 4 is 51.1 Å². The van der Waals surface area contributed by atoms with E-state index in [0.717, 1.165) is 0 Å². The molecule has 2 rings (SSSR count). The first-order chi connectivity index (χ1) is 8.02. The molecule has 11 heteroatoms. The molecule has 0 aromatic rings. The maximum atomic E-state index is 6.36. The molecule has 0 N–H and O–H groups in total. The molecule has 2 aliphatic heterocycles. The van der Waals surface area contributed by atoms with E-state index in [4.69, 9.17) is 20.6 Å². The van der Waals surface area contributed by atoms with Gasteiger partial charge in [-0.2, -0.15) is 0 Å². The van der Waals surface area contributed by atoms with Crippen molar-refractivity contribution in [1.82, 2.24) is 0 Å². The fraction of sp³-hybridized carbons (Fsp3) is 1.00. The van der Waals surface area contributed by atoms with E-state index in [1.54, 1.807) is 0 Å². The minimum atomic E-state index is -2.57. The Kier molecular flexibility index (Phi) is 4.16. The molecule has 0 aromatic carbocycles. The zero-order chi connectivity index (χ0) is 13.8. The predicted octanol–water partition coefficient (Wildman–Crippen LogP) is 1.46. The van der Waals surface area contributed by atoms with Gasteiger partial charge in [-0.15, -0.1) is 0 Å². The van der Waals surface area contributed by atoms with Crippen LogP contribution in [0.25, 0.3) is 0 Å². The summed E-state index contributed by atoms with van der Waals surface area (Å²) < 4.78 is 31.3. The SMILES string of the molecule is C[Si]1O[Si](C)(C)O[Si]2(C)O[Si]1[Si](C)O[Si](C)(C)O2. The maximum Gasteiger partial charge on any atom is 0.469 e. The number of hydrogen-bond acceptors (Lipinski definition) is 5. The average Bonchev–Trinajstić information content (AvgIpc) is 2.21. The molecule has 2 heterocycles. The van der Waals surface area contributed by atoms with Gasteiger partial charge in [-0.1, -0.05) is 0 Å². The maximum absolute atomic E-state index is 6.36. The second-order valence-corrected chi connectivity index (χ2v) is 28.4. The number of fused-ring (bicyclic) bond motifs is 2. The van der Waals surface area contributed by atoms with Crippen LogP contribution in [0.5, 0.6) is 0 Å². The lowest BCUT2D eigenvalue weighted by Gasteiger charge is -2.35. The second-order valence-electron chi connectivity index (χ2n) is 5.61. The Balaban J connectivity index is 2.37. The fourth-order valence-electron chi connectivity index (χ4n) is 2.40. The van der Waals surface area contributed by atoms with Gasteiger partial charge in [0, 0.05) is 6.55 Å². The van der Waals surface area contributed by atoms with Crippen molar-refractivity contribution in [2.24, 2.45) is 0 Å². The summed E-state index contributed by atoms with van der Waals surface area (Å²) >= 11 is 0. The van der Waals surface area contributed by atoms with Gasteiger partial charge in [-0.05, 0) is 39.3 Å². The Morgan fingerprint density at radius 3 is 1.44 bits per heavy atom. The van der Waals surface area contributed by atoms with Crippen molar-refractivity contribution in [2.75, 3.05) is 0 Å². The Bertz CT molecular complexity index is 312. The van der Waals surface area contributed by atoms with E-state index in [-0.39, 0.29) is 0 Å². The lowest BCUT2D eigenvalue weighted by atomic mass is 11.9. The second kappa shape index (κ2) is 4.83. The number of rotatable bonds is 0. The highest BCUT2D eigenvalue weighted by molar-refractivity contribution is 7.47. The Morgan fingerprint density at radius 2 is 1.06 bits per heavy atom. The monoisotopic (exact) mass is 353 g/mol. The molecule has 3 radical (unpaired) electrons. The van der Waals surface area contributed by atoms with Crippen molar-refractivity contribution in [2.45, 2.75) is 45.8 Å². The van der Waals surface area contributed by atoms with Crippen LogP contribution in [-0.2, 0) is 20.6 Å². The molecule has 0 aliphatic carbocycles. The van der Waals surface area contributed by atoms with Gasteiger partial charge in [-0.25, -0.2) is 0 Å². The van der Waals surface area contributed by atoms with Crippen LogP contribution in [0.4, 0.5) is 0 Å². The summed E-state index contributed by atoms with van der Waals surface area (Å²) in [7, 11) is -9.73. The minimum absolute atomic E-state index is 0.951. The summed E-state index contributed by atoms with van der Waals surface area (Å²) in [6, 6.07) is 0. The molecule has 0 aromatic heterocycles. The summed E-state index contributed by atoms with van der Waals surface area (Å²) in [6.45, 7) is 14.8. The molecule has 0 atom stereocenters. The molecule has 2 fully saturated rings. The lowest BCUT2D eigenvalue weighted by molar-refractivity contribution is 0.240. The van der Waals surface area contributed by atoms with Crippen molar-refractivity contribution < 1.29 is 20.6 Å². The van der Waals surface area contributed by atoms with Gasteiger partial charge in [0.05, 0.1) is 0 Å². The van der Waals surface area contributed by atoms with Gasteiger partial charge in [-0.3, -0.25) is 0 Å². The standard InChI is InChI=1S/C7H21O5Si6/c1-13-8-16(3,4)11-18(7)10-15(13)14(2)9-17(5,6)12-18/h1-7H3. The zero-order valence-corrected chi connectivity index (χ0v) is 18.0. The van der Waals surface area contributed by atoms with Crippen LogP contribution in [0.15, 0.2) is 0 Å². The molecule has 2 saturated heterocycles. The van der Waals surface area contributed by atoms with Crippen LogP contribution in [-0.4, -0.2) is 51.1 Å². The van der Waals surface area contributed by atoms with E-state index in [9.17, 15) is 0 Å². The van der Waals surface area contributed by atoms with Gasteiger partial charge >= 0.3 is 25.9 Å². The summed E-state index contributed by atoms with van der Waals surface area (Å²) in [5.41, 5.74) is 0. The van der Waals surface area contributed by atoms with Crippen LogP contribution in [0.1, 0.15) is 0 Å². The largest absolute Gasteiger partial charge is 0.469 e. The normalized spacial score (nSPS) is 32.8. The van der Waals surface area contributed by atoms with Gasteiger partial charge in [0.1, 0.15) is 0 Å². The zero-order valence-electron chi connectivity index (χ0n) is 12.0. The van der Waals surface area contributed by atoms with Crippen LogP contribution in [0.2, 0.25) is 45.8 Å². The van der Waals surface area contributed by atoms with Crippen molar-refractivity contribution in [3.8, 4) is 0 Å². The third-order valence-electron chi connectivity index (χ3n) is 2.59. The van der Waals surface area contributed by atoms with E-state index in [1.165, 1.54) is 0 Å². The van der Waals surface area contributed by atoms with Crippen LogP contribution in [0, 0.1) is 0 Å². The van der Waals surface area contributed by atoms with Gasteiger partial charge in [0.2, 0.25) is 25.2 Å². The van der Waals surface area contributed by atoms with Crippen LogP contribution >= 0.6 is 0 Å².